The largest absolute Gasteiger partial charge is 0.125 e. The van der Waals surface area contributed by atoms with Gasteiger partial charge in [-0.1, -0.05) is 48.6 Å². The molecule has 0 fully saturated rings. The third kappa shape index (κ3) is 3.30. The Labute approximate surface area is 97.2 Å². The first-order valence-electron chi connectivity index (χ1n) is 4.82. The number of alkyl halides is 2. The van der Waals surface area contributed by atoms with Gasteiger partial charge in [0.15, 0.2) is 0 Å². The quantitative estimate of drug-likeness (QED) is 0.564. The lowest BCUT2D eigenvalue weighted by Crippen LogP contribution is -2.43. The van der Waals surface area contributed by atoms with Crippen LogP contribution in [0.15, 0.2) is 30.3 Å². The zero-order valence-corrected chi connectivity index (χ0v) is 11.1. The van der Waals surface area contributed by atoms with Crippen molar-refractivity contribution in [1.82, 2.24) is 0 Å². The van der Waals surface area contributed by atoms with E-state index in [4.69, 9.17) is 23.2 Å². The van der Waals surface area contributed by atoms with Crippen molar-refractivity contribution in [2.24, 2.45) is 0 Å². The Morgan fingerprint density at radius 1 is 1.21 bits per heavy atom. The standard InChI is InChI=1S/C11H16Cl2Si/c1-14(2,9-10(13)8-12)11-6-4-3-5-7-11/h3-7,10H,8-9H2,1-2H3. The summed E-state index contributed by atoms with van der Waals surface area (Å²) in [5.41, 5.74) is 0. The van der Waals surface area contributed by atoms with Crippen molar-refractivity contribution in [1.29, 1.82) is 0 Å². The summed E-state index contributed by atoms with van der Waals surface area (Å²) >= 11 is 11.8. The monoisotopic (exact) mass is 246 g/mol. The Bertz CT molecular complexity index is 272. The van der Waals surface area contributed by atoms with Gasteiger partial charge in [-0.25, -0.2) is 0 Å². The molecule has 0 heterocycles. The molecule has 1 aromatic rings. The first-order chi connectivity index (χ1) is 6.56. The lowest BCUT2D eigenvalue weighted by molar-refractivity contribution is 1.07. The first kappa shape index (κ1) is 12.1. The van der Waals surface area contributed by atoms with Crippen molar-refractivity contribution < 1.29 is 0 Å². The molecule has 1 atom stereocenters. The van der Waals surface area contributed by atoms with Gasteiger partial charge in [-0.05, 0) is 6.04 Å². The molecular formula is C11H16Cl2Si. The van der Waals surface area contributed by atoms with Gasteiger partial charge in [-0.2, -0.15) is 0 Å². The Kier molecular flexibility index (Phi) is 4.49. The smallest absolute Gasteiger partial charge is 0.0821 e. The highest BCUT2D eigenvalue weighted by atomic mass is 35.5. The van der Waals surface area contributed by atoms with E-state index in [2.05, 4.69) is 37.4 Å². The predicted octanol–water partition coefficient (Wildman–Crippen LogP) is 3.45. The lowest BCUT2D eigenvalue weighted by Gasteiger charge is -2.24. The third-order valence-electron chi connectivity index (χ3n) is 2.45. The summed E-state index contributed by atoms with van der Waals surface area (Å²) in [4.78, 5) is 0. The second kappa shape index (κ2) is 5.20. The number of rotatable bonds is 4. The van der Waals surface area contributed by atoms with Crippen LogP contribution in [0.1, 0.15) is 0 Å². The second-order valence-corrected chi connectivity index (χ2v) is 9.88. The van der Waals surface area contributed by atoms with Crippen LogP contribution in [0.25, 0.3) is 0 Å². The molecule has 0 N–H and O–H groups in total. The van der Waals surface area contributed by atoms with E-state index in [1.165, 1.54) is 5.19 Å². The van der Waals surface area contributed by atoms with Crippen LogP contribution >= 0.6 is 23.2 Å². The van der Waals surface area contributed by atoms with E-state index in [1.54, 1.807) is 0 Å². The van der Waals surface area contributed by atoms with Crippen molar-refractivity contribution in [2.45, 2.75) is 24.5 Å². The minimum Gasteiger partial charge on any atom is -0.125 e. The minimum absolute atomic E-state index is 0.110. The van der Waals surface area contributed by atoms with Crippen LogP contribution < -0.4 is 5.19 Å². The topological polar surface area (TPSA) is 0 Å². The second-order valence-electron chi connectivity index (χ2n) is 4.21. The molecule has 0 saturated heterocycles. The maximum absolute atomic E-state index is 6.10. The van der Waals surface area contributed by atoms with Crippen LogP contribution in [0.2, 0.25) is 19.1 Å². The highest BCUT2D eigenvalue weighted by molar-refractivity contribution is 6.90. The number of hydrogen-bond donors (Lipinski definition) is 0. The predicted molar refractivity (Wildman–Crippen MR) is 68.7 cm³/mol. The summed E-state index contributed by atoms with van der Waals surface area (Å²) < 4.78 is 0. The lowest BCUT2D eigenvalue weighted by atomic mass is 10.4. The van der Waals surface area contributed by atoms with Gasteiger partial charge >= 0.3 is 0 Å². The molecular weight excluding hydrogens is 231 g/mol. The fourth-order valence-electron chi connectivity index (χ4n) is 1.62. The summed E-state index contributed by atoms with van der Waals surface area (Å²) in [5, 5.41) is 1.56. The number of hydrogen-bond acceptors (Lipinski definition) is 0. The highest BCUT2D eigenvalue weighted by Crippen LogP contribution is 2.17. The summed E-state index contributed by atoms with van der Waals surface area (Å²) in [5.74, 6) is 0.546. The van der Waals surface area contributed by atoms with Crippen molar-refractivity contribution in [3.8, 4) is 0 Å². The molecule has 0 radical (unpaired) electrons. The summed E-state index contributed by atoms with van der Waals surface area (Å²) in [6.45, 7) is 4.68. The zero-order valence-electron chi connectivity index (χ0n) is 8.63. The third-order valence-corrected chi connectivity index (χ3v) is 6.96. The van der Waals surface area contributed by atoms with Gasteiger partial charge < -0.3 is 0 Å². The fourth-order valence-corrected chi connectivity index (χ4v) is 5.65. The Balaban J connectivity index is 2.75. The van der Waals surface area contributed by atoms with Crippen molar-refractivity contribution >= 4 is 36.5 Å². The Morgan fingerprint density at radius 2 is 1.79 bits per heavy atom. The van der Waals surface area contributed by atoms with E-state index in [1.807, 2.05) is 6.07 Å². The highest BCUT2D eigenvalue weighted by Gasteiger charge is 2.25. The van der Waals surface area contributed by atoms with Crippen LogP contribution in [0.3, 0.4) is 0 Å². The summed E-state index contributed by atoms with van der Waals surface area (Å²) in [6.07, 6.45) is 0. The van der Waals surface area contributed by atoms with Gasteiger partial charge in [-0.15, -0.1) is 23.2 Å². The number of halogens is 2. The molecule has 14 heavy (non-hydrogen) atoms. The molecule has 0 aliphatic heterocycles. The molecule has 78 valence electrons. The molecule has 0 aliphatic rings. The Hall–Kier alpha value is 0.0169. The van der Waals surface area contributed by atoms with E-state index in [9.17, 15) is 0 Å². The molecule has 0 spiro atoms. The van der Waals surface area contributed by atoms with Crippen molar-refractivity contribution in [3.05, 3.63) is 30.3 Å². The molecule has 1 unspecified atom stereocenters. The van der Waals surface area contributed by atoms with E-state index in [0.717, 1.165) is 6.04 Å². The van der Waals surface area contributed by atoms with Gasteiger partial charge in [0.2, 0.25) is 0 Å². The molecule has 0 amide bonds. The molecule has 0 nitrogen and oxygen atoms in total. The minimum atomic E-state index is -1.38. The van der Waals surface area contributed by atoms with Crippen molar-refractivity contribution in [2.75, 3.05) is 5.88 Å². The van der Waals surface area contributed by atoms with Crippen LogP contribution in [0.5, 0.6) is 0 Å². The van der Waals surface area contributed by atoms with E-state index >= 15 is 0 Å². The van der Waals surface area contributed by atoms with Crippen LogP contribution in [-0.4, -0.2) is 19.3 Å². The summed E-state index contributed by atoms with van der Waals surface area (Å²) in [7, 11) is -1.38. The van der Waals surface area contributed by atoms with Gasteiger partial charge in [-0.3, -0.25) is 0 Å². The molecule has 0 aromatic heterocycles. The van der Waals surface area contributed by atoms with Gasteiger partial charge in [0, 0.05) is 11.3 Å². The SMILES string of the molecule is C[Si](C)(CC(Cl)CCl)c1ccccc1. The van der Waals surface area contributed by atoms with E-state index < -0.39 is 8.07 Å². The molecule has 3 heteroatoms. The molecule has 1 aromatic carbocycles. The molecule has 0 saturated carbocycles. The van der Waals surface area contributed by atoms with Gasteiger partial charge in [0.1, 0.15) is 0 Å². The van der Waals surface area contributed by atoms with Gasteiger partial charge in [0.25, 0.3) is 0 Å². The van der Waals surface area contributed by atoms with Crippen molar-refractivity contribution in [3.63, 3.8) is 0 Å². The average Bonchev–Trinajstić information content (AvgIpc) is 2.18. The average molecular weight is 247 g/mol. The maximum atomic E-state index is 6.10. The summed E-state index contributed by atoms with van der Waals surface area (Å²) in [6, 6.07) is 11.7. The number of benzene rings is 1. The fraction of sp³-hybridized carbons (Fsp3) is 0.455. The Morgan fingerprint density at radius 3 is 2.29 bits per heavy atom. The first-order valence-corrected chi connectivity index (χ1v) is 8.99. The van der Waals surface area contributed by atoms with Crippen LogP contribution in [-0.2, 0) is 0 Å². The van der Waals surface area contributed by atoms with Crippen LogP contribution in [0.4, 0.5) is 0 Å². The van der Waals surface area contributed by atoms with Gasteiger partial charge in [0.05, 0.1) is 8.07 Å². The molecule has 0 bridgehead atoms. The zero-order chi connectivity index (χ0) is 10.6. The van der Waals surface area contributed by atoms with E-state index in [-0.39, 0.29) is 5.38 Å². The molecule has 0 aliphatic carbocycles. The van der Waals surface area contributed by atoms with E-state index in [0.29, 0.717) is 5.88 Å². The normalized spacial score (nSPS) is 14.0. The van der Waals surface area contributed by atoms with Crippen LogP contribution in [0, 0.1) is 0 Å². The maximum Gasteiger partial charge on any atom is 0.0821 e. The molecule has 1 rings (SSSR count).